The summed E-state index contributed by atoms with van der Waals surface area (Å²) in [5.74, 6) is 5.74. The second-order valence-electron chi connectivity index (χ2n) is 2.05. The van der Waals surface area contributed by atoms with Crippen LogP contribution in [0, 0.1) is 11.8 Å². The largest absolute Gasteiger partial charge is 0.102 e. The van der Waals surface area contributed by atoms with Crippen molar-refractivity contribution in [3.05, 3.63) is 23.8 Å². The first kappa shape index (κ1) is 8.04. The van der Waals surface area contributed by atoms with E-state index in [1.165, 1.54) is 0 Å². The van der Waals surface area contributed by atoms with Gasteiger partial charge in [-0.3, -0.25) is 0 Å². The van der Waals surface area contributed by atoms with Crippen LogP contribution in [0.25, 0.3) is 0 Å². The highest BCUT2D eigenvalue weighted by molar-refractivity contribution is 5.31. The van der Waals surface area contributed by atoms with Gasteiger partial charge in [-0.2, -0.15) is 0 Å². The van der Waals surface area contributed by atoms with E-state index in [1.807, 2.05) is 26.8 Å². The maximum absolute atomic E-state index is 3.73. The molecule has 9 heavy (non-hydrogen) atoms. The standard InChI is InChI=1S/C9H12/c1-5-6-9(4)7-8(2)3/h7H,2H2,1,3-4H3/b9-7-. The summed E-state index contributed by atoms with van der Waals surface area (Å²) in [6.07, 6.45) is 1.97. The van der Waals surface area contributed by atoms with E-state index in [-0.39, 0.29) is 0 Å². The fourth-order valence-electron chi connectivity index (χ4n) is 0.603. The van der Waals surface area contributed by atoms with Crippen LogP contribution in [0.2, 0.25) is 0 Å². The summed E-state index contributed by atoms with van der Waals surface area (Å²) in [6, 6.07) is 0. The second kappa shape index (κ2) is 3.97. The third-order valence-electron chi connectivity index (χ3n) is 0.785. The molecule has 48 valence electrons. The molecule has 0 saturated heterocycles. The number of rotatable bonds is 1. The molecule has 0 aromatic carbocycles. The monoisotopic (exact) mass is 120 g/mol. The molecule has 0 bridgehead atoms. The lowest BCUT2D eigenvalue weighted by Crippen LogP contribution is -1.68. The second-order valence-corrected chi connectivity index (χ2v) is 2.05. The van der Waals surface area contributed by atoms with Crippen LogP contribution in [0.1, 0.15) is 20.8 Å². The van der Waals surface area contributed by atoms with Gasteiger partial charge in [-0.1, -0.05) is 18.1 Å². The van der Waals surface area contributed by atoms with Gasteiger partial charge in [0.05, 0.1) is 0 Å². The van der Waals surface area contributed by atoms with Gasteiger partial charge in [0.25, 0.3) is 0 Å². The lowest BCUT2D eigenvalue weighted by molar-refractivity contribution is 1.48. The Labute approximate surface area is 57.3 Å². The third-order valence-corrected chi connectivity index (χ3v) is 0.785. The van der Waals surface area contributed by atoms with Crippen LogP contribution < -0.4 is 0 Å². The third kappa shape index (κ3) is 4.90. The average Bonchev–Trinajstić information content (AvgIpc) is 1.63. The van der Waals surface area contributed by atoms with Gasteiger partial charge in [-0.05, 0) is 32.4 Å². The Morgan fingerprint density at radius 1 is 1.44 bits per heavy atom. The normalized spacial score (nSPS) is 9.89. The van der Waals surface area contributed by atoms with Crippen molar-refractivity contribution >= 4 is 0 Å². The minimum absolute atomic E-state index is 1.05. The minimum atomic E-state index is 1.05. The van der Waals surface area contributed by atoms with Crippen LogP contribution in [0.3, 0.4) is 0 Å². The van der Waals surface area contributed by atoms with Crippen LogP contribution in [0.5, 0.6) is 0 Å². The molecule has 0 aliphatic rings. The van der Waals surface area contributed by atoms with E-state index in [2.05, 4.69) is 18.4 Å². The van der Waals surface area contributed by atoms with Crippen LogP contribution in [0.15, 0.2) is 23.8 Å². The van der Waals surface area contributed by atoms with Crippen molar-refractivity contribution in [2.24, 2.45) is 0 Å². The van der Waals surface area contributed by atoms with E-state index in [9.17, 15) is 0 Å². The molecule has 0 aliphatic carbocycles. The molecule has 0 N–H and O–H groups in total. The Morgan fingerprint density at radius 3 is 2.33 bits per heavy atom. The zero-order chi connectivity index (χ0) is 7.28. The first-order valence-corrected chi connectivity index (χ1v) is 2.93. The van der Waals surface area contributed by atoms with Crippen LogP contribution >= 0.6 is 0 Å². The van der Waals surface area contributed by atoms with E-state index in [0.717, 1.165) is 11.1 Å². The Balaban J connectivity index is 4.11. The topological polar surface area (TPSA) is 0 Å². The predicted molar refractivity (Wildman–Crippen MR) is 42.0 cm³/mol. The van der Waals surface area contributed by atoms with Crippen molar-refractivity contribution in [2.75, 3.05) is 0 Å². The van der Waals surface area contributed by atoms with Crippen molar-refractivity contribution in [1.29, 1.82) is 0 Å². The van der Waals surface area contributed by atoms with Crippen LogP contribution in [0.4, 0.5) is 0 Å². The van der Waals surface area contributed by atoms with Crippen molar-refractivity contribution in [3.8, 4) is 11.8 Å². The van der Waals surface area contributed by atoms with Crippen LogP contribution in [-0.2, 0) is 0 Å². The zero-order valence-electron chi connectivity index (χ0n) is 6.28. The van der Waals surface area contributed by atoms with Crippen molar-refractivity contribution in [3.63, 3.8) is 0 Å². The number of allylic oxidation sites excluding steroid dienone is 3. The molecule has 0 unspecified atom stereocenters. The molecular formula is C9H12. The molecule has 0 heteroatoms. The van der Waals surface area contributed by atoms with Gasteiger partial charge in [0.2, 0.25) is 0 Å². The molecule has 0 saturated carbocycles. The number of hydrogen-bond donors (Lipinski definition) is 0. The van der Waals surface area contributed by atoms with Crippen molar-refractivity contribution in [1.82, 2.24) is 0 Å². The molecule has 0 rings (SSSR count). The van der Waals surface area contributed by atoms with Gasteiger partial charge in [0.15, 0.2) is 0 Å². The summed E-state index contributed by atoms with van der Waals surface area (Å²) in [5.41, 5.74) is 2.13. The van der Waals surface area contributed by atoms with E-state index < -0.39 is 0 Å². The fraction of sp³-hybridized carbons (Fsp3) is 0.333. The summed E-state index contributed by atoms with van der Waals surface area (Å²) in [6.45, 7) is 9.50. The molecule has 0 fully saturated rings. The first-order valence-electron chi connectivity index (χ1n) is 2.93. The molecular weight excluding hydrogens is 108 g/mol. The predicted octanol–water partition coefficient (Wildman–Crippen LogP) is 2.53. The Kier molecular flexibility index (Phi) is 3.55. The van der Waals surface area contributed by atoms with Gasteiger partial charge < -0.3 is 0 Å². The maximum Gasteiger partial charge on any atom is -0.000850 e. The Bertz CT molecular complexity index is 184. The van der Waals surface area contributed by atoms with E-state index >= 15 is 0 Å². The molecule has 0 amide bonds. The highest BCUT2D eigenvalue weighted by Crippen LogP contribution is 1.96. The molecule has 0 nitrogen and oxygen atoms in total. The quantitative estimate of drug-likeness (QED) is 0.368. The van der Waals surface area contributed by atoms with Gasteiger partial charge in [-0.15, -0.1) is 5.92 Å². The highest BCUT2D eigenvalue weighted by atomic mass is 13.8. The number of hydrogen-bond acceptors (Lipinski definition) is 0. The Morgan fingerprint density at radius 2 is 2.00 bits per heavy atom. The molecule has 0 aromatic rings. The summed E-state index contributed by atoms with van der Waals surface area (Å²) in [7, 11) is 0. The molecule has 0 aromatic heterocycles. The molecule has 0 aliphatic heterocycles. The highest BCUT2D eigenvalue weighted by Gasteiger charge is 1.78. The minimum Gasteiger partial charge on any atom is -0.102 e. The summed E-state index contributed by atoms with van der Waals surface area (Å²) in [5, 5.41) is 0. The van der Waals surface area contributed by atoms with Gasteiger partial charge in [0.1, 0.15) is 0 Å². The summed E-state index contributed by atoms with van der Waals surface area (Å²) < 4.78 is 0. The Hall–Kier alpha value is -0.960. The summed E-state index contributed by atoms with van der Waals surface area (Å²) in [4.78, 5) is 0. The lowest BCUT2D eigenvalue weighted by atomic mass is 10.2. The van der Waals surface area contributed by atoms with E-state index in [0.29, 0.717) is 0 Å². The average molecular weight is 120 g/mol. The van der Waals surface area contributed by atoms with Gasteiger partial charge in [-0.25, -0.2) is 0 Å². The maximum atomic E-state index is 3.73. The van der Waals surface area contributed by atoms with E-state index in [1.54, 1.807) is 0 Å². The van der Waals surface area contributed by atoms with Crippen LogP contribution in [-0.4, -0.2) is 0 Å². The molecule has 0 spiro atoms. The smallest absolute Gasteiger partial charge is 0.000850 e. The zero-order valence-corrected chi connectivity index (χ0v) is 6.28. The van der Waals surface area contributed by atoms with Crippen molar-refractivity contribution in [2.45, 2.75) is 20.8 Å². The fourth-order valence-corrected chi connectivity index (χ4v) is 0.603. The first-order chi connectivity index (χ1) is 4.16. The lowest BCUT2D eigenvalue weighted by Gasteiger charge is -1.86. The van der Waals surface area contributed by atoms with E-state index in [4.69, 9.17) is 0 Å². The van der Waals surface area contributed by atoms with Gasteiger partial charge in [0, 0.05) is 0 Å². The molecule has 0 atom stereocenters. The molecule has 0 radical (unpaired) electrons. The van der Waals surface area contributed by atoms with Gasteiger partial charge >= 0.3 is 0 Å². The van der Waals surface area contributed by atoms with Crippen molar-refractivity contribution < 1.29 is 0 Å². The SMILES string of the molecule is C=C(C)/C=C(/C)C#CC. The molecule has 0 heterocycles. The summed E-state index contributed by atoms with van der Waals surface area (Å²) >= 11 is 0.